The molecule has 0 spiro atoms. The standard InChI is InChI=1S/C8H14O2/c1-2-3-6-9-8-5-4-7-10-8/h4,7-8H,2-3,5-6H2,1H3. The molecule has 0 radical (unpaired) electrons. The zero-order chi connectivity index (χ0) is 7.23. The first-order valence-electron chi connectivity index (χ1n) is 3.85. The Morgan fingerprint density at radius 2 is 2.60 bits per heavy atom. The molecule has 1 rings (SSSR count). The Kier molecular flexibility index (Phi) is 3.30. The van der Waals surface area contributed by atoms with E-state index in [4.69, 9.17) is 9.47 Å². The molecule has 0 aromatic heterocycles. The van der Waals surface area contributed by atoms with Crippen LogP contribution in [0.2, 0.25) is 0 Å². The third-order valence-corrected chi connectivity index (χ3v) is 1.46. The van der Waals surface area contributed by atoms with Crippen molar-refractivity contribution in [3.8, 4) is 0 Å². The predicted molar refractivity (Wildman–Crippen MR) is 39.5 cm³/mol. The number of hydrogen-bond donors (Lipinski definition) is 0. The van der Waals surface area contributed by atoms with Crippen LogP contribution in [0.1, 0.15) is 26.2 Å². The number of ether oxygens (including phenoxy) is 2. The summed E-state index contributed by atoms with van der Waals surface area (Å²) in [6.45, 7) is 2.97. The molecule has 1 heterocycles. The van der Waals surface area contributed by atoms with Crippen LogP contribution in [0.4, 0.5) is 0 Å². The molecule has 0 saturated heterocycles. The maximum atomic E-state index is 5.36. The molecule has 0 aliphatic carbocycles. The summed E-state index contributed by atoms with van der Waals surface area (Å²) in [5, 5.41) is 0. The molecular weight excluding hydrogens is 128 g/mol. The molecule has 2 heteroatoms. The van der Waals surface area contributed by atoms with E-state index < -0.39 is 0 Å². The van der Waals surface area contributed by atoms with E-state index in [2.05, 4.69) is 6.92 Å². The monoisotopic (exact) mass is 142 g/mol. The van der Waals surface area contributed by atoms with Gasteiger partial charge in [-0.1, -0.05) is 13.3 Å². The second-order valence-electron chi connectivity index (χ2n) is 2.40. The Hall–Kier alpha value is -0.500. The first-order chi connectivity index (χ1) is 4.93. The molecule has 0 bridgehead atoms. The largest absolute Gasteiger partial charge is 0.473 e. The van der Waals surface area contributed by atoms with Crippen molar-refractivity contribution in [1.29, 1.82) is 0 Å². The SMILES string of the molecule is CCCCOC1CC=CO1. The molecule has 0 N–H and O–H groups in total. The first-order valence-corrected chi connectivity index (χ1v) is 3.85. The molecule has 1 unspecified atom stereocenters. The van der Waals surface area contributed by atoms with Gasteiger partial charge in [-0.15, -0.1) is 0 Å². The molecule has 0 fully saturated rings. The van der Waals surface area contributed by atoms with Crippen LogP contribution in [0, 0.1) is 0 Å². The minimum atomic E-state index is 0.00606. The van der Waals surface area contributed by atoms with Gasteiger partial charge < -0.3 is 9.47 Å². The molecule has 58 valence electrons. The van der Waals surface area contributed by atoms with Crippen molar-refractivity contribution in [2.24, 2.45) is 0 Å². The van der Waals surface area contributed by atoms with Crippen LogP contribution in [0.15, 0.2) is 12.3 Å². The van der Waals surface area contributed by atoms with E-state index in [-0.39, 0.29) is 6.29 Å². The highest BCUT2D eigenvalue weighted by Crippen LogP contribution is 2.10. The number of hydrogen-bond acceptors (Lipinski definition) is 2. The summed E-state index contributed by atoms with van der Waals surface area (Å²) in [6, 6.07) is 0. The van der Waals surface area contributed by atoms with Gasteiger partial charge in [-0.25, -0.2) is 0 Å². The van der Waals surface area contributed by atoms with Gasteiger partial charge in [0.25, 0.3) is 0 Å². The quantitative estimate of drug-likeness (QED) is 0.559. The smallest absolute Gasteiger partial charge is 0.202 e. The maximum Gasteiger partial charge on any atom is 0.202 e. The van der Waals surface area contributed by atoms with E-state index in [1.54, 1.807) is 6.26 Å². The summed E-state index contributed by atoms with van der Waals surface area (Å²) < 4.78 is 10.5. The van der Waals surface area contributed by atoms with E-state index >= 15 is 0 Å². The molecule has 1 aliphatic heterocycles. The van der Waals surface area contributed by atoms with Crippen LogP contribution in [0.3, 0.4) is 0 Å². The maximum absolute atomic E-state index is 5.36. The fraction of sp³-hybridized carbons (Fsp3) is 0.750. The van der Waals surface area contributed by atoms with E-state index in [1.165, 1.54) is 6.42 Å². The Bertz CT molecular complexity index is 102. The fourth-order valence-electron chi connectivity index (χ4n) is 0.832. The molecule has 0 aromatic carbocycles. The van der Waals surface area contributed by atoms with Gasteiger partial charge in [-0.2, -0.15) is 0 Å². The van der Waals surface area contributed by atoms with Crippen LogP contribution >= 0.6 is 0 Å². The van der Waals surface area contributed by atoms with Crippen molar-refractivity contribution < 1.29 is 9.47 Å². The Morgan fingerprint density at radius 3 is 3.20 bits per heavy atom. The third-order valence-electron chi connectivity index (χ3n) is 1.46. The minimum absolute atomic E-state index is 0.00606. The van der Waals surface area contributed by atoms with Gasteiger partial charge in [0, 0.05) is 6.42 Å². The molecule has 2 nitrogen and oxygen atoms in total. The van der Waals surface area contributed by atoms with Gasteiger partial charge in [-0.3, -0.25) is 0 Å². The second kappa shape index (κ2) is 4.34. The molecule has 10 heavy (non-hydrogen) atoms. The van der Waals surface area contributed by atoms with Crippen molar-refractivity contribution in [3.63, 3.8) is 0 Å². The van der Waals surface area contributed by atoms with Crippen LogP contribution in [0.25, 0.3) is 0 Å². The van der Waals surface area contributed by atoms with E-state index in [0.717, 1.165) is 19.4 Å². The molecular formula is C8H14O2. The Balaban J connectivity index is 1.93. The van der Waals surface area contributed by atoms with E-state index in [0.29, 0.717) is 0 Å². The highest BCUT2D eigenvalue weighted by atomic mass is 16.7. The summed E-state index contributed by atoms with van der Waals surface area (Å²) in [5.41, 5.74) is 0. The van der Waals surface area contributed by atoms with Gasteiger partial charge in [-0.05, 0) is 12.5 Å². The van der Waals surface area contributed by atoms with Gasteiger partial charge in [0.1, 0.15) is 0 Å². The molecule has 0 amide bonds. The van der Waals surface area contributed by atoms with E-state index in [1.807, 2.05) is 6.08 Å². The molecule has 0 saturated carbocycles. The normalized spacial score (nSPS) is 23.1. The van der Waals surface area contributed by atoms with Crippen molar-refractivity contribution in [2.75, 3.05) is 6.61 Å². The number of unbranched alkanes of at least 4 members (excludes halogenated alkanes) is 1. The minimum Gasteiger partial charge on any atom is -0.473 e. The lowest BCUT2D eigenvalue weighted by Crippen LogP contribution is -2.10. The summed E-state index contributed by atoms with van der Waals surface area (Å²) >= 11 is 0. The number of rotatable bonds is 4. The lowest BCUT2D eigenvalue weighted by Gasteiger charge is -2.10. The lowest BCUT2D eigenvalue weighted by molar-refractivity contribution is -0.0921. The Labute approximate surface area is 61.8 Å². The summed E-state index contributed by atoms with van der Waals surface area (Å²) in [6.07, 6.45) is 6.91. The Morgan fingerprint density at radius 1 is 1.70 bits per heavy atom. The zero-order valence-corrected chi connectivity index (χ0v) is 6.38. The van der Waals surface area contributed by atoms with Gasteiger partial charge in [0.2, 0.25) is 6.29 Å². The van der Waals surface area contributed by atoms with Crippen LogP contribution in [-0.4, -0.2) is 12.9 Å². The van der Waals surface area contributed by atoms with Gasteiger partial charge in [0.15, 0.2) is 0 Å². The van der Waals surface area contributed by atoms with Crippen molar-refractivity contribution >= 4 is 0 Å². The van der Waals surface area contributed by atoms with Gasteiger partial charge in [0.05, 0.1) is 12.9 Å². The lowest BCUT2D eigenvalue weighted by atomic mass is 10.3. The van der Waals surface area contributed by atoms with Crippen molar-refractivity contribution in [3.05, 3.63) is 12.3 Å². The fourth-order valence-corrected chi connectivity index (χ4v) is 0.832. The second-order valence-corrected chi connectivity index (χ2v) is 2.40. The summed E-state index contributed by atoms with van der Waals surface area (Å²) in [5.74, 6) is 0. The first kappa shape index (κ1) is 7.61. The average Bonchev–Trinajstić information content (AvgIpc) is 2.41. The van der Waals surface area contributed by atoms with Gasteiger partial charge >= 0.3 is 0 Å². The average molecular weight is 142 g/mol. The molecule has 0 aromatic rings. The van der Waals surface area contributed by atoms with Crippen LogP contribution in [-0.2, 0) is 9.47 Å². The van der Waals surface area contributed by atoms with Crippen LogP contribution in [0.5, 0.6) is 0 Å². The molecule has 1 aliphatic rings. The van der Waals surface area contributed by atoms with Crippen LogP contribution < -0.4 is 0 Å². The highest BCUT2D eigenvalue weighted by Gasteiger charge is 2.09. The van der Waals surface area contributed by atoms with E-state index in [9.17, 15) is 0 Å². The zero-order valence-electron chi connectivity index (χ0n) is 6.38. The summed E-state index contributed by atoms with van der Waals surface area (Å²) in [4.78, 5) is 0. The topological polar surface area (TPSA) is 18.5 Å². The highest BCUT2D eigenvalue weighted by molar-refractivity contribution is 4.82. The van der Waals surface area contributed by atoms with Crippen molar-refractivity contribution in [1.82, 2.24) is 0 Å². The van der Waals surface area contributed by atoms with Crippen molar-refractivity contribution in [2.45, 2.75) is 32.5 Å². The molecule has 1 atom stereocenters. The summed E-state index contributed by atoms with van der Waals surface area (Å²) in [7, 11) is 0. The third kappa shape index (κ3) is 2.40. The predicted octanol–water partition coefficient (Wildman–Crippen LogP) is 2.06.